The minimum Gasteiger partial charge on any atom is -0.467 e. The van der Waals surface area contributed by atoms with Gasteiger partial charge in [0.25, 0.3) is 5.91 Å². The van der Waals surface area contributed by atoms with Gasteiger partial charge in [-0.15, -0.1) is 0 Å². The predicted octanol–water partition coefficient (Wildman–Crippen LogP) is 3.56. The predicted molar refractivity (Wildman–Crippen MR) is 129 cm³/mol. The van der Waals surface area contributed by atoms with Crippen LogP contribution in [-0.2, 0) is 16.1 Å². The summed E-state index contributed by atoms with van der Waals surface area (Å²) in [6, 6.07) is 19.0. The standard InChI is InChI=1S/C25H20N4O4S/c30-21(16-7-2-1-3-8-16)15-34-25-27-19-11-5-4-10-18(19)23-28-24(32)20(29(23)25)13-22(31)26-14-17-9-6-12-33-17/h1-12,20H,13-15H2,(H,26,31). The lowest BCUT2D eigenvalue weighted by molar-refractivity contribution is -0.126. The summed E-state index contributed by atoms with van der Waals surface area (Å²) in [7, 11) is 0. The molecule has 5 rings (SSSR count). The van der Waals surface area contributed by atoms with E-state index in [2.05, 4.69) is 10.3 Å². The Balaban J connectivity index is 1.36. The number of carbonyl (C=O) groups excluding carboxylic acids is 3. The molecular formula is C25H20N4O4S. The van der Waals surface area contributed by atoms with Gasteiger partial charge in [0.15, 0.2) is 11.0 Å². The highest BCUT2D eigenvalue weighted by molar-refractivity contribution is 8.14. The summed E-state index contributed by atoms with van der Waals surface area (Å²) in [6.45, 7) is 0.227. The number of fused-ring (bicyclic) bond motifs is 3. The molecule has 9 heteroatoms. The maximum absolute atomic E-state index is 12.9. The second-order valence-electron chi connectivity index (χ2n) is 7.71. The van der Waals surface area contributed by atoms with Crippen molar-refractivity contribution in [1.29, 1.82) is 0 Å². The molecule has 1 aromatic heterocycles. The number of furan rings is 1. The van der Waals surface area contributed by atoms with Gasteiger partial charge in [0.1, 0.15) is 17.6 Å². The molecule has 0 bridgehead atoms. The second-order valence-corrected chi connectivity index (χ2v) is 8.65. The fourth-order valence-electron chi connectivity index (χ4n) is 3.79. The van der Waals surface area contributed by atoms with E-state index in [1.54, 1.807) is 29.2 Å². The average molecular weight is 473 g/mol. The first-order valence-corrected chi connectivity index (χ1v) is 11.7. The number of Topliss-reactive ketones (excluding diaryl/α,β-unsaturated/α-hetero) is 1. The first kappa shape index (κ1) is 21.8. The zero-order chi connectivity index (χ0) is 23.5. The number of carbonyl (C=O) groups is 3. The summed E-state index contributed by atoms with van der Waals surface area (Å²) in [5, 5.41) is 3.24. The van der Waals surface area contributed by atoms with E-state index < -0.39 is 11.9 Å². The summed E-state index contributed by atoms with van der Waals surface area (Å²) in [5.74, 6) is 0.433. The largest absolute Gasteiger partial charge is 0.467 e. The Kier molecular flexibility index (Phi) is 6.09. The molecule has 34 heavy (non-hydrogen) atoms. The molecule has 0 fully saturated rings. The third kappa shape index (κ3) is 4.42. The lowest BCUT2D eigenvalue weighted by Gasteiger charge is -2.30. The second kappa shape index (κ2) is 9.48. The zero-order valence-corrected chi connectivity index (χ0v) is 18.8. The monoisotopic (exact) mass is 472 g/mol. The van der Waals surface area contributed by atoms with E-state index in [0.29, 0.717) is 33.6 Å². The minimum absolute atomic E-state index is 0.0519. The molecule has 0 aliphatic carbocycles. The smallest absolute Gasteiger partial charge is 0.271 e. The van der Waals surface area contributed by atoms with Crippen LogP contribution in [0.1, 0.15) is 28.1 Å². The number of nitrogens with zero attached hydrogens (tertiary/aromatic N) is 3. The van der Waals surface area contributed by atoms with E-state index >= 15 is 0 Å². The number of benzene rings is 2. The van der Waals surface area contributed by atoms with Gasteiger partial charge < -0.3 is 9.73 Å². The number of thioether (sulfide) groups is 1. The van der Waals surface area contributed by atoms with Crippen molar-refractivity contribution in [3.63, 3.8) is 0 Å². The molecule has 0 radical (unpaired) electrons. The van der Waals surface area contributed by atoms with Gasteiger partial charge in [0.2, 0.25) is 5.91 Å². The van der Waals surface area contributed by atoms with E-state index in [4.69, 9.17) is 9.41 Å². The Morgan fingerprint density at radius 2 is 1.79 bits per heavy atom. The highest BCUT2D eigenvalue weighted by Gasteiger charge is 2.42. The van der Waals surface area contributed by atoms with Crippen LogP contribution in [0, 0.1) is 0 Å². The number of ketones is 1. The highest BCUT2D eigenvalue weighted by Crippen LogP contribution is 2.35. The van der Waals surface area contributed by atoms with E-state index in [-0.39, 0.29) is 30.4 Å². The lowest BCUT2D eigenvalue weighted by atomic mass is 10.1. The number of hydrogen-bond acceptors (Lipinski definition) is 7. The molecule has 170 valence electrons. The molecule has 2 aliphatic rings. The first-order chi connectivity index (χ1) is 16.6. The molecular weight excluding hydrogens is 452 g/mol. The Morgan fingerprint density at radius 1 is 1.00 bits per heavy atom. The molecule has 3 heterocycles. The molecule has 2 aliphatic heterocycles. The summed E-state index contributed by atoms with van der Waals surface area (Å²) >= 11 is 1.23. The average Bonchev–Trinajstić information content (AvgIpc) is 3.50. The SMILES string of the molecule is O=C(CC1C(=O)N=C2c3ccccc3N=C(SCC(=O)c3ccccc3)N21)NCc1ccco1. The van der Waals surface area contributed by atoms with Crippen LogP contribution in [0.15, 0.2) is 87.4 Å². The van der Waals surface area contributed by atoms with Gasteiger partial charge in [-0.3, -0.25) is 19.3 Å². The number of nitrogens with one attached hydrogen (secondary N) is 1. The van der Waals surface area contributed by atoms with Crippen LogP contribution in [0.25, 0.3) is 0 Å². The van der Waals surface area contributed by atoms with E-state index in [1.807, 2.05) is 42.5 Å². The van der Waals surface area contributed by atoms with Gasteiger partial charge in [-0.05, 0) is 24.3 Å². The van der Waals surface area contributed by atoms with Crippen molar-refractivity contribution >= 4 is 46.1 Å². The number of aliphatic imine (C=N–C) groups is 2. The van der Waals surface area contributed by atoms with E-state index in [0.717, 1.165) is 0 Å². The van der Waals surface area contributed by atoms with Crippen molar-refractivity contribution in [1.82, 2.24) is 10.2 Å². The van der Waals surface area contributed by atoms with Crippen LogP contribution in [0.4, 0.5) is 5.69 Å². The Morgan fingerprint density at radius 3 is 2.59 bits per heavy atom. The number of rotatable bonds is 7. The number of hydrogen-bond donors (Lipinski definition) is 1. The first-order valence-electron chi connectivity index (χ1n) is 10.7. The van der Waals surface area contributed by atoms with Crippen LogP contribution >= 0.6 is 11.8 Å². The summed E-state index contributed by atoms with van der Waals surface area (Å²) in [4.78, 5) is 48.8. The van der Waals surface area contributed by atoms with Crippen molar-refractivity contribution in [3.8, 4) is 0 Å². The minimum atomic E-state index is -0.835. The summed E-state index contributed by atoms with van der Waals surface area (Å²) in [5.41, 5.74) is 1.99. The molecule has 0 saturated carbocycles. The van der Waals surface area contributed by atoms with Gasteiger partial charge >= 0.3 is 0 Å². The van der Waals surface area contributed by atoms with Crippen molar-refractivity contribution in [3.05, 3.63) is 89.9 Å². The Labute approximate surface area is 199 Å². The third-order valence-corrected chi connectivity index (χ3v) is 6.41. The van der Waals surface area contributed by atoms with Gasteiger partial charge in [0.05, 0.1) is 30.7 Å². The topological polar surface area (TPSA) is 104 Å². The number of amides is 2. The van der Waals surface area contributed by atoms with Gasteiger partial charge in [-0.2, -0.15) is 4.99 Å². The quantitative estimate of drug-likeness (QED) is 0.528. The summed E-state index contributed by atoms with van der Waals surface area (Å²) in [6.07, 6.45) is 1.44. The fourth-order valence-corrected chi connectivity index (χ4v) is 4.73. The Bertz CT molecular complexity index is 1300. The van der Waals surface area contributed by atoms with Crippen molar-refractivity contribution in [2.75, 3.05) is 5.75 Å². The van der Waals surface area contributed by atoms with Gasteiger partial charge in [-0.1, -0.05) is 54.2 Å². The molecule has 2 aromatic carbocycles. The maximum atomic E-state index is 12.9. The number of para-hydroxylation sites is 1. The van der Waals surface area contributed by atoms with Crippen LogP contribution in [0.5, 0.6) is 0 Å². The molecule has 2 amide bonds. The van der Waals surface area contributed by atoms with E-state index in [9.17, 15) is 14.4 Å². The Hall–Kier alpha value is -3.98. The highest BCUT2D eigenvalue weighted by atomic mass is 32.2. The molecule has 3 aromatic rings. The van der Waals surface area contributed by atoms with Crippen molar-refractivity contribution in [2.24, 2.45) is 9.98 Å². The third-order valence-electron chi connectivity index (χ3n) is 5.45. The van der Waals surface area contributed by atoms with Crippen LogP contribution in [0.2, 0.25) is 0 Å². The van der Waals surface area contributed by atoms with Crippen LogP contribution in [-0.4, -0.2) is 45.3 Å². The molecule has 0 spiro atoms. The van der Waals surface area contributed by atoms with Gasteiger partial charge in [0, 0.05) is 11.1 Å². The van der Waals surface area contributed by atoms with Crippen LogP contribution in [0.3, 0.4) is 0 Å². The molecule has 0 saturated heterocycles. The lowest BCUT2D eigenvalue weighted by Crippen LogP contribution is -2.46. The zero-order valence-electron chi connectivity index (χ0n) is 18.0. The summed E-state index contributed by atoms with van der Waals surface area (Å²) < 4.78 is 5.24. The van der Waals surface area contributed by atoms with Gasteiger partial charge in [-0.25, -0.2) is 4.99 Å². The van der Waals surface area contributed by atoms with Crippen molar-refractivity contribution in [2.45, 2.75) is 19.0 Å². The van der Waals surface area contributed by atoms with Crippen molar-refractivity contribution < 1.29 is 18.8 Å². The molecule has 1 N–H and O–H groups in total. The van der Waals surface area contributed by atoms with Crippen LogP contribution < -0.4 is 5.32 Å². The molecule has 8 nitrogen and oxygen atoms in total. The number of amidine groups is 2. The normalized spacial score (nSPS) is 16.4. The fraction of sp³-hybridized carbons (Fsp3) is 0.160. The molecule has 1 unspecified atom stereocenters. The maximum Gasteiger partial charge on any atom is 0.271 e. The molecule has 1 atom stereocenters. The van der Waals surface area contributed by atoms with E-state index in [1.165, 1.54) is 18.0 Å².